The van der Waals surface area contributed by atoms with E-state index in [9.17, 15) is 9.30 Å². The molecule has 4 aromatic rings. The molecule has 4 rings (SSSR count). The quantitative estimate of drug-likeness (QED) is 0.456. The first-order valence-corrected chi connectivity index (χ1v) is 8.56. The fourth-order valence-electron chi connectivity index (χ4n) is 2.58. The Morgan fingerprint density at radius 3 is 2.73 bits per heavy atom. The van der Waals surface area contributed by atoms with E-state index in [-0.39, 0.29) is 11.4 Å². The topological polar surface area (TPSA) is 69.4 Å². The summed E-state index contributed by atoms with van der Waals surface area (Å²) in [6.07, 6.45) is 3.42. The van der Waals surface area contributed by atoms with Gasteiger partial charge in [-0.25, -0.2) is 9.37 Å². The van der Waals surface area contributed by atoms with E-state index < -0.39 is 5.82 Å². The van der Waals surface area contributed by atoms with Crippen LogP contribution in [-0.4, -0.2) is 14.5 Å². The molecule has 3 heterocycles. The van der Waals surface area contributed by atoms with Gasteiger partial charge in [-0.1, -0.05) is 0 Å². The molecule has 0 atom stereocenters. The van der Waals surface area contributed by atoms with Gasteiger partial charge in [0.15, 0.2) is 11.6 Å². The summed E-state index contributed by atoms with van der Waals surface area (Å²) in [6.45, 7) is 1.98. The summed E-state index contributed by atoms with van der Waals surface area (Å²) >= 11 is 1.48. The van der Waals surface area contributed by atoms with Gasteiger partial charge in [0.05, 0.1) is 15.1 Å². The lowest BCUT2D eigenvalue weighted by Crippen LogP contribution is -1.92. The summed E-state index contributed by atoms with van der Waals surface area (Å²) in [5, 5.41) is 2.71. The Bertz CT molecular complexity index is 1140. The van der Waals surface area contributed by atoms with E-state index in [1.165, 1.54) is 23.5 Å². The maximum Gasteiger partial charge on any atom is 0.167 e. The minimum atomic E-state index is -0.649. The molecule has 6 nitrogen and oxygen atoms in total. The van der Waals surface area contributed by atoms with Crippen LogP contribution in [0.1, 0.15) is 5.69 Å². The van der Waals surface area contributed by atoms with Crippen molar-refractivity contribution in [2.75, 3.05) is 0 Å². The van der Waals surface area contributed by atoms with Gasteiger partial charge in [0, 0.05) is 37.3 Å². The van der Waals surface area contributed by atoms with Gasteiger partial charge in [-0.3, -0.25) is 4.98 Å². The number of benzene rings is 1. The lowest BCUT2D eigenvalue weighted by Gasteiger charge is -2.07. The van der Waals surface area contributed by atoms with Gasteiger partial charge in [0.1, 0.15) is 17.3 Å². The molecule has 0 bridgehead atoms. The van der Waals surface area contributed by atoms with Crippen molar-refractivity contribution in [1.29, 1.82) is 0 Å². The van der Waals surface area contributed by atoms with Gasteiger partial charge in [-0.2, -0.15) is 0 Å². The Balaban J connectivity index is 1.77. The van der Waals surface area contributed by atoms with Crippen LogP contribution in [-0.2, 0) is 7.05 Å². The molecule has 0 radical (unpaired) electrons. The molecular formula is C18H13FN4O2S. The number of fused-ring (bicyclic) bond motifs is 1. The van der Waals surface area contributed by atoms with Crippen LogP contribution in [0.5, 0.6) is 11.5 Å². The van der Waals surface area contributed by atoms with E-state index in [0.717, 1.165) is 32.7 Å². The van der Waals surface area contributed by atoms with Crippen molar-refractivity contribution in [2.24, 2.45) is 12.2 Å². The molecule has 3 aromatic heterocycles. The summed E-state index contributed by atoms with van der Waals surface area (Å²) in [5.41, 5.74) is 1.81. The Labute approximate surface area is 151 Å². The minimum absolute atomic E-state index is 0.0123. The number of pyridine rings is 1. The Morgan fingerprint density at radius 1 is 1.19 bits per heavy atom. The van der Waals surface area contributed by atoms with Gasteiger partial charge in [-0.05, 0) is 30.3 Å². The normalized spacial score (nSPS) is 11.0. The van der Waals surface area contributed by atoms with Crippen molar-refractivity contribution in [3.05, 3.63) is 59.1 Å². The summed E-state index contributed by atoms with van der Waals surface area (Å²) in [4.78, 5) is 20.2. The lowest BCUT2D eigenvalue weighted by molar-refractivity contribution is 0.447. The maximum absolute atomic E-state index is 14.1. The number of hydrogen-bond acceptors (Lipinski definition) is 6. The maximum atomic E-state index is 14.1. The highest BCUT2D eigenvalue weighted by atomic mass is 32.1. The van der Waals surface area contributed by atoms with Crippen molar-refractivity contribution in [2.45, 2.75) is 6.92 Å². The molecule has 0 saturated heterocycles. The second-order valence-corrected chi connectivity index (χ2v) is 6.78. The molecule has 0 fully saturated rings. The molecule has 0 aliphatic heterocycles. The number of halogens is 1. The summed E-state index contributed by atoms with van der Waals surface area (Å²) in [7, 11) is 1.95. The van der Waals surface area contributed by atoms with Crippen molar-refractivity contribution >= 4 is 27.2 Å². The average molecular weight is 368 g/mol. The molecule has 0 saturated carbocycles. The van der Waals surface area contributed by atoms with Gasteiger partial charge in [-0.15, -0.1) is 16.2 Å². The first-order valence-electron chi connectivity index (χ1n) is 7.75. The number of aryl methyl sites for hydroxylation is 1. The third-order valence-corrected chi connectivity index (χ3v) is 5.19. The third kappa shape index (κ3) is 2.74. The predicted molar refractivity (Wildman–Crippen MR) is 98.5 cm³/mol. The SMILES string of the molecule is Cc1cnc(-c2cc3nccc(Oc4ccc(N=O)cc4F)c3s2)n1C. The van der Waals surface area contributed by atoms with Crippen LogP contribution in [0.3, 0.4) is 0 Å². The minimum Gasteiger partial charge on any atom is -0.453 e. The van der Waals surface area contributed by atoms with Crippen LogP contribution in [0.4, 0.5) is 10.1 Å². The number of nitrogens with zero attached hydrogens (tertiary/aromatic N) is 4. The third-order valence-electron chi connectivity index (χ3n) is 4.06. The zero-order chi connectivity index (χ0) is 18.3. The first kappa shape index (κ1) is 16.3. The molecule has 1 aromatic carbocycles. The Kier molecular flexibility index (Phi) is 3.96. The highest BCUT2D eigenvalue weighted by molar-refractivity contribution is 7.22. The number of ether oxygens (including phenoxy) is 1. The summed E-state index contributed by atoms with van der Waals surface area (Å²) < 4.78 is 22.6. The largest absolute Gasteiger partial charge is 0.453 e. The smallest absolute Gasteiger partial charge is 0.167 e. The van der Waals surface area contributed by atoms with E-state index in [1.54, 1.807) is 12.3 Å². The zero-order valence-electron chi connectivity index (χ0n) is 13.9. The fraction of sp³-hybridized carbons (Fsp3) is 0.111. The molecule has 0 N–H and O–H groups in total. The van der Waals surface area contributed by atoms with E-state index in [4.69, 9.17) is 4.74 Å². The van der Waals surface area contributed by atoms with Crippen LogP contribution in [0, 0.1) is 17.6 Å². The summed E-state index contributed by atoms with van der Waals surface area (Å²) in [5.74, 6) is 0.697. The zero-order valence-corrected chi connectivity index (χ0v) is 14.7. The van der Waals surface area contributed by atoms with E-state index >= 15 is 0 Å². The highest BCUT2D eigenvalue weighted by Crippen LogP contribution is 2.39. The van der Waals surface area contributed by atoms with Crippen molar-refractivity contribution in [3.63, 3.8) is 0 Å². The number of rotatable bonds is 4. The average Bonchev–Trinajstić information content (AvgIpc) is 3.21. The first-order chi connectivity index (χ1) is 12.6. The second kappa shape index (κ2) is 6.30. The van der Waals surface area contributed by atoms with E-state index in [0.29, 0.717) is 5.75 Å². The van der Waals surface area contributed by atoms with Crippen LogP contribution < -0.4 is 4.74 Å². The highest BCUT2D eigenvalue weighted by Gasteiger charge is 2.15. The molecule has 0 spiro atoms. The van der Waals surface area contributed by atoms with Crippen LogP contribution in [0.25, 0.3) is 20.9 Å². The van der Waals surface area contributed by atoms with Gasteiger partial charge in [0.2, 0.25) is 0 Å². The van der Waals surface area contributed by atoms with Crippen molar-refractivity contribution in [3.8, 4) is 22.2 Å². The van der Waals surface area contributed by atoms with E-state index in [1.807, 2.05) is 30.8 Å². The van der Waals surface area contributed by atoms with Crippen molar-refractivity contribution < 1.29 is 9.13 Å². The number of hydrogen-bond donors (Lipinski definition) is 0. The lowest BCUT2D eigenvalue weighted by atomic mass is 10.3. The number of imidazole rings is 1. The Morgan fingerprint density at radius 2 is 2.04 bits per heavy atom. The second-order valence-electron chi connectivity index (χ2n) is 5.72. The molecule has 8 heteroatoms. The van der Waals surface area contributed by atoms with Gasteiger partial charge in [0.25, 0.3) is 0 Å². The van der Waals surface area contributed by atoms with Crippen LogP contribution in [0.2, 0.25) is 0 Å². The predicted octanol–water partition coefficient (Wildman–Crippen LogP) is 5.33. The van der Waals surface area contributed by atoms with Gasteiger partial charge >= 0.3 is 0 Å². The number of aromatic nitrogens is 3. The molecule has 0 unspecified atom stereocenters. The van der Waals surface area contributed by atoms with E-state index in [2.05, 4.69) is 15.1 Å². The molecule has 130 valence electrons. The fourth-order valence-corrected chi connectivity index (χ4v) is 3.67. The van der Waals surface area contributed by atoms with Crippen LogP contribution >= 0.6 is 11.3 Å². The van der Waals surface area contributed by atoms with Gasteiger partial charge < -0.3 is 9.30 Å². The number of thiophene rings is 1. The molecule has 0 amide bonds. The monoisotopic (exact) mass is 368 g/mol. The standard InChI is InChI=1S/C18H13FN4O2S/c1-10-9-21-18(23(10)2)16-8-13-17(26-16)15(5-6-20-13)25-14-4-3-11(22-24)7-12(14)19/h3-9H,1-2H3. The molecule has 26 heavy (non-hydrogen) atoms. The van der Waals surface area contributed by atoms with Crippen LogP contribution in [0.15, 0.2) is 47.9 Å². The number of nitroso groups, excluding NO2 is 1. The Hall–Kier alpha value is -3.13. The molecule has 0 aliphatic rings. The molecular weight excluding hydrogens is 355 g/mol. The molecule has 0 aliphatic carbocycles. The summed E-state index contributed by atoms with van der Waals surface area (Å²) in [6, 6.07) is 7.44. The van der Waals surface area contributed by atoms with Crippen molar-refractivity contribution in [1.82, 2.24) is 14.5 Å².